The van der Waals surface area contributed by atoms with Gasteiger partial charge in [-0.25, -0.2) is 40.7 Å². The average Bonchev–Trinajstić information content (AvgIpc) is 1.64. The number of halogens is 10. The minimum absolute atomic E-state index is 0. The summed E-state index contributed by atoms with van der Waals surface area (Å²) in [6.45, 7) is -1.99. The first-order valence-corrected chi connectivity index (χ1v) is 39.1. The molecule has 3 aliphatic heterocycles. The van der Waals surface area contributed by atoms with E-state index in [-0.39, 0.29) is 130 Å². The second-order valence-electron chi connectivity index (χ2n) is 28.5. The standard InChI is InChI=1S/C29H24ClF2N5O5.C28H22ClF2N5O5.C17H15ClF2N2O.C12H11N3O5.ClH/c1-42-29(41)15-9-10-22-19(11-15)26(27(33)39)35-37(22)14-24(38)36-13-16(31)12-23(36)28(40)34-21-8-4-6-18(25(21)32)17-5-2-3-7-20(17)30;29-19-6-2-1-4-16(19)17-5-3-7-20(24(17)31)33-27(39)22-11-15(30)12-35(22)23(37)13-36-21-9-8-14(28(40)41)10-18(21)25(34-36)26(32)38;18-13-6-2-1-4-11(13)12-5-3-7-14(16(12)20)22-17(23)15-8-10(19)9-21-15;1-20-12(19)6-2-3-8-7(4-6)10(11(13)18)14-15(8)5-9(16)17;/h2-11,16,23H,12-14H2,1H3,(H2,33,39)(H,34,40);1-10,15,22H,11-13H2,(H2,32,38)(H,33,39)(H,40,41);1-7,10,15,21H,8-9H2,(H,22,23);2-4H,5H2,1H3,(H2,13,18)(H,16,17);1H/t16-,23+;15-,22+;10-,15+;;/m111../s1. The minimum Gasteiger partial charge on any atom is -0.480 e. The Morgan fingerprint density at radius 2 is 0.756 bits per heavy atom. The first-order valence-electron chi connectivity index (χ1n) is 37.9. The number of carboxylic acids is 2. The molecule has 127 heavy (non-hydrogen) atoms. The van der Waals surface area contributed by atoms with Gasteiger partial charge in [-0.1, -0.05) is 126 Å². The number of primary amides is 3. The van der Waals surface area contributed by atoms with E-state index < -0.39 is 145 Å². The van der Waals surface area contributed by atoms with E-state index in [1.807, 2.05) is 0 Å². The number of ether oxygens (including phenoxy) is 2. The predicted molar refractivity (Wildman–Crippen MR) is 457 cm³/mol. The van der Waals surface area contributed by atoms with Crippen LogP contribution in [0.3, 0.4) is 0 Å². The topological polar surface area (TPSA) is 450 Å². The number of alkyl halides is 3. The summed E-state index contributed by atoms with van der Waals surface area (Å²) < 4.78 is 100. The molecule has 658 valence electrons. The molecule has 12 N–H and O–H groups in total. The van der Waals surface area contributed by atoms with Crippen LogP contribution in [0.2, 0.25) is 15.1 Å². The molecule has 0 radical (unpaired) electrons. The van der Waals surface area contributed by atoms with Crippen LogP contribution in [-0.2, 0) is 57.9 Å². The number of nitrogens with zero attached hydrogens (tertiary/aromatic N) is 8. The zero-order valence-corrected chi connectivity index (χ0v) is 69.5. The number of aromatic carboxylic acids is 1. The number of benzene rings is 9. The van der Waals surface area contributed by atoms with E-state index in [2.05, 4.69) is 41.3 Å². The molecule has 3 aliphatic rings. The third kappa shape index (κ3) is 21.1. The van der Waals surface area contributed by atoms with Crippen molar-refractivity contribution >= 4 is 168 Å². The Bertz CT molecular complexity index is 6380. The lowest BCUT2D eigenvalue weighted by atomic mass is 10.0. The van der Waals surface area contributed by atoms with Gasteiger partial charge in [0.15, 0.2) is 34.5 Å². The highest BCUT2D eigenvalue weighted by atomic mass is 35.5. The number of carbonyl (C=O) groups is 12. The van der Waals surface area contributed by atoms with Crippen molar-refractivity contribution in [2.45, 2.75) is 75.5 Å². The number of hydrogen-bond acceptors (Lipinski definition) is 18. The Morgan fingerprint density at radius 3 is 1.07 bits per heavy atom. The maximum Gasteiger partial charge on any atom is 0.337 e. The molecule has 3 aromatic heterocycles. The van der Waals surface area contributed by atoms with E-state index >= 15 is 8.78 Å². The molecular formula is C86H73Cl4F6N15O16. The van der Waals surface area contributed by atoms with Crippen molar-refractivity contribution in [2.24, 2.45) is 17.2 Å². The third-order valence-corrected chi connectivity index (χ3v) is 21.3. The van der Waals surface area contributed by atoms with Crippen molar-refractivity contribution in [1.29, 1.82) is 0 Å². The molecule has 6 atom stereocenters. The van der Waals surface area contributed by atoms with Gasteiger partial charge in [0, 0.05) is 90.4 Å². The van der Waals surface area contributed by atoms with Gasteiger partial charge in [-0.15, -0.1) is 12.4 Å². The lowest BCUT2D eigenvalue weighted by Crippen LogP contribution is -2.44. The van der Waals surface area contributed by atoms with Crippen molar-refractivity contribution in [3.63, 3.8) is 0 Å². The number of aromatic nitrogens is 6. The Balaban J connectivity index is 0.000000171. The van der Waals surface area contributed by atoms with E-state index in [1.54, 1.807) is 84.9 Å². The number of aliphatic carboxylic acids is 1. The number of esters is 2. The summed E-state index contributed by atoms with van der Waals surface area (Å²) >= 11 is 18.5. The van der Waals surface area contributed by atoms with Crippen molar-refractivity contribution < 1.29 is 104 Å². The molecule has 0 spiro atoms. The van der Waals surface area contributed by atoms with Crippen LogP contribution in [0.5, 0.6) is 0 Å². The van der Waals surface area contributed by atoms with Crippen LogP contribution in [0, 0.1) is 17.5 Å². The zero-order chi connectivity index (χ0) is 90.8. The molecule has 0 unspecified atom stereocenters. The van der Waals surface area contributed by atoms with Gasteiger partial charge < -0.3 is 68.0 Å². The number of hydrogen-bond donors (Lipinski definition) is 9. The fourth-order valence-electron chi connectivity index (χ4n) is 14.3. The summed E-state index contributed by atoms with van der Waals surface area (Å²) in [6.07, 6.45) is -4.57. The Labute approximate surface area is 736 Å². The number of likely N-dealkylation sites (tertiary alicyclic amines) is 2. The molecule has 3 saturated heterocycles. The first-order chi connectivity index (χ1) is 60.1. The Kier molecular flexibility index (Phi) is 29.9. The fraction of sp³-hybridized carbons (Fsp3) is 0.198. The molecule has 0 saturated carbocycles. The highest BCUT2D eigenvalue weighted by molar-refractivity contribution is 6.34. The number of rotatable bonds is 21. The SMILES string of the molecule is COC(=O)c1ccc2c(c1)c(C(N)=O)nn2CC(=O)N1C[C@H](F)C[C@H]1C(=O)Nc1cccc(-c2ccccc2Cl)c1F.COC(=O)c1ccc2c(c1)c(C(N)=O)nn2CC(=O)O.Cl.NC(=O)c1nn(CC(=O)N2C[C@H](F)C[C@H]2C(=O)Nc2cccc(-c3ccccc3Cl)c2F)c2ccc(C(=O)O)cc12.O=C(Nc1cccc(-c2ccccc2Cl)c1F)[C@@H]1C[C@@H](F)CN1. The smallest absolute Gasteiger partial charge is 0.337 e. The number of amides is 8. The van der Waals surface area contributed by atoms with Gasteiger partial charge in [-0.05, 0) is 91.0 Å². The van der Waals surface area contributed by atoms with Crippen LogP contribution in [0.15, 0.2) is 182 Å². The van der Waals surface area contributed by atoms with Gasteiger partial charge in [-0.3, -0.25) is 57.2 Å². The third-order valence-electron chi connectivity index (χ3n) is 20.3. The molecule has 15 rings (SSSR count). The molecule has 8 amide bonds. The lowest BCUT2D eigenvalue weighted by Gasteiger charge is -2.24. The number of anilines is 3. The maximum absolute atomic E-state index is 15.4. The van der Waals surface area contributed by atoms with Gasteiger partial charge in [0.05, 0.1) is 83.7 Å². The number of fused-ring (bicyclic) bond motifs is 3. The van der Waals surface area contributed by atoms with Gasteiger partial charge in [-0.2, -0.15) is 15.3 Å². The molecule has 6 heterocycles. The van der Waals surface area contributed by atoms with Crippen molar-refractivity contribution in [3.05, 3.63) is 248 Å². The van der Waals surface area contributed by atoms with E-state index in [0.717, 1.165) is 19.2 Å². The summed E-state index contributed by atoms with van der Waals surface area (Å²) in [5.74, 6) is -11.6. The average molecular weight is 1830 g/mol. The van der Waals surface area contributed by atoms with Crippen LogP contribution in [0.1, 0.15) is 81.8 Å². The molecule has 9 aromatic carbocycles. The maximum atomic E-state index is 15.4. The van der Waals surface area contributed by atoms with Crippen LogP contribution in [-0.4, -0.2) is 191 Å². The van der Waals surface area contributed by atoms with Crippen molar-refractivity contribution in [3.8, 4) is 33.4 Å². The van der Waals surface area contributed by atoms with Crippen LogP contribution < -0.4 is 38.5 Å². The summed E-state index contributed by atoms with van der Waals surface area (Å²) in [4.78, 5) is 148. The monoisotopic (exact) mass is 1830 g/mol. The Morgan fingerprint density at radius 1 is 0.433 bits per heavy atom. The molecule has 31 nitrogen and oxygen atoms in total. The zero-order valence-electron chi connectivity index (χ0n) is 66.4. The second kappa shape index (κ2) is 40.6. The normalized spacial score (nSPS) is 16.1. The van der Waals surface area contributed by atoms with Crippen LogP contribution in [0.25, 0.3) is 66.1 Å². The highest BCUT2D eigenvalue weighted by Gasteiger charge is 2.43. The summed E-state index contributed by atoms with van der Waals surface area (Å²) in [5.41, 5.74) is 18.5. The van der Waals surface area contributed by atoms with Crippen molar-refractivity contribution in [1.82, 2.24) is 44.5 Å². The Hall–Kier alpha value is -14.3. The quantitative estimate of drug-likeness (QED) is 0.0238. The van der Waals surface area contributed by atoms with Crippen LogP contribution in [0.4, 0.5) is 43.4 Å². The summed E-state index contributed by atoms with van der Waals surface area (Å²) in [6, 6.07) is 43.0. The van der Waals surface area contributed by atoms with Gasteiger partial charge in [0.25, 0.3) is 17.7 Å². The highest BCUT2D eigenvalue weighted by Crippen LogP contribution is 2.38. The molecule has 41 heteroatoms. The van der Waals surface area contributed by atoms with E-state index in [0.29, 0.717) is 53.7 Å². The largest absolute Gasteiger partial charge is 0.480 e. The fourth-order valence-corrected chi connectivity index (χ4v) is 15.1. The van der Waals surface area contributed by atoms with E-state index in [1.165, 1.54) is 116 Å². The van der Waals surface area contributed by atoms with Gasteiger partial charge in [0.1, 0.15) is 50.2 Å². The number of carbonyl (C=O) groups excluding carboxylic acids is 10. The number of carboxylic acid groups (broad SMARTS) is 2. The molecule has 12 aromatic rings. The molecule has 3 fully saturated rings. The second-order valence-corrected chi connectivity index (χ2v) is 29.7. The minimum atomic E-state index is -1.51. The lowest BCUT2D eigenvalue weighted by molar-refractivity contribution is -0.138. The molecule has 0 bridgehead atoms. The number of methoxy groups -OCH3 is 2. The molecular weight excluding hydrogens is 1750 g/mol. The van der Waals surface area contributed by atoms with Gasteiger partial charge >= 0.3 is 23.9 Å². The summed E-state index contributed by atoms with van der Waals surface area (Å²) in [7, 11) is 2.43. The predicted octanol–water partition coefficient (Wildman–Crippen LogP) is 12.0. The number of nitrogens with one attached hydrogen (secondary N) is 4. The van der Waals surface area contributed by atoms with E-state index in [9.17, 15) is 80.2 Å². The number of nitrogens with two attached hydrogens (primary N) is 3. The first kappa shape index (κ1) is 93.4. The summed E-state index contributed by atoms with van der Waals surface area (Å²) in [5, 5.41) is 42.1. The van der Waals surface area contributed by atoms with Gasteiger partial charge in [0.2, 0.25) is 29.5 Å². The molecule has 0 aliphatic carbocycles. The van der Waals surface area contributed by atoms with Crippen molar-refractivity contribution in [2.75, 3.05) is 49.8 Å². The van der Waals surface area contributed by atoms with Crippen LogP contribution >= 0.6 is 47.2 Å². The van der Waals surface area contributed by atoms with E-state index in [4.69, 9.17) is 61.8 Å².